The molecule has 1 fully saturated rings. The van der Waals surface area contributed by atoms with Gasteiger partial charge in [-0.15, -0.1) is 0 Å². The molecule has 1 aromatic heterocycles. The van der Waals surface area contributed by atoms with Crippen molar-refractivity contribution in [3.05, 3.63) is 47.4 Å². The largest absolute Gasteiger partial charge is 0.366 e. The normalized spacial score (nSPS) is 20.3. The molecule has 0 spiro atoms. The third kappa shape index (κ3) is 3.37. The van der Waals surface area contributed by atoms with Crippen LogP contribution in [-0.2, 0) is 9.84 Å². The summed E-state index contributed by atoms with van der Waals surface area (Å²) in [6.07, 6.45) is 0.806. The highest BCUT2D eigenvalue weighted by Crippen LogP contribution is 2.34. The molecule has 2 aromatic rings. The van der Waals surface area contributed by atoms with E-state index in [1.54, 1.807) is 12.1 Å². The molecule has 2 atom stereocenters. The lowest BCUT2D eigenvalue weighted by molar-refractivity contribution is -0.0567. The van der Waals surface area contributed by atoms with Gasteiger partial charge in [0.05, 0.1) is 33.6 Å². The van der Waals surface area contributed by atoms with Gasteiger partial charge < -0.3 is 15.1 Å². The first kappa shape index (κ1) is 18.5. The number of aromatic nitrogens is 2. The van der Waals surface area contributed by atoms with E-state index in [2.05, 4.69) is 9.97 Å². The lowest BCUT2D eigenvalue weighted by Gasteiger charge is -2.26. The maximum Gasteiger partial charge on any atom is 0.184 e. The molecule has 2 unspecified atom stereocenters. The summed E-state index contributed by atoms with van der Waals surface area (Å²) in [5.74, 6) is 0.207. The summed E-state index contributed by atoms with van der Waals surface area (Å²) in [4.78, 5) is 9.40. The number of halogens is 1. The topological polar surface area (TPSA) is 127 Å². The first-order chi connectivity index (χ1) is 12.3. The molecule has 1 aliphatic rings. The SMILES string of the molecule is N#Cc1cncc(N2CC(S(=O)(=O)c3ccccc3Cl)CC2C(O)O)n1. The zero-order valence-corrected chi connectivity index (χ0v) is 15.0. The van der Waals surface area contributed by atoms with Crippen molar-refractivity contribution in [3.63, 3.8) is 0 Å². The number of benzene rings is 1. The van der Waals surface area contributed by atoms with Gasteiger partial charge in [-0.3, -0.25) is 4.98 Å². The molecule has 10 heteroatoms. The van der Waals surface area contributed by atoms with Gasteiger partial charge in [-0.1, -0.05) is 23.7 Å². The van der Waals surface area contributed by atoms with E-state index in [0.717, 1.165) is 0 Å². The van der Waals surface area contributed by atoms with Crippen molar-refractivity contribution >= 4 is 27.3 Å². The Labute approximate surface area is 155 Å². The Kier molecular flexibility index (Phi) is 5.11. The molecule has 136 valence electrons. The van der Waals surface area contributed by atoms with Crippen LogP contribution in [0.1, 0.15) is 12.1 Å². The lowest BCUT2D eigenvalue weighted by Crippen LogP contribution is -2.39. The Morgan fingerprint density at radius 2 is 2.04 bits per heavy atom. The van der Waals surface area contributed by atoms with Crippen molar-refractivity contribution in [1.82, 2.24) is 9.97 Å². The van der Waals surface area contributed by atoms with Gasteiger partial charge in [0.25, 0.3) is 0 Å². The molecule has 1 aliphatic heterocycles. The van der Waals surface area contributed by atoms with Crippen LogP contribution in [0.15, 0.2) is 41.6 Å². The Morgan fingerprint density at radius 3 is 2.69 bits per heavy atom. The number of hydrogen-bond acceptors (Lipinski definition) is 8. The number of rotatable bonds is 4. The molecule has 2 heterocycles. The quantitative estimate of drug-likeness (QED) is 0.726. The zero-order chi connectivity index (χ0) is 18.9. The molecule has 0 radical (unpaired) electrons. The highest BCUT2D eigenvalue weighted by Gasteiger charge is 2.44. The summed E-state index contributed by atoms with van der Waals surface area (Å²) < 4.78 is 25.9. The number of nitriles is 1. The maximum atomic E-state index is 13.0. The Morgan fingerprint density at radius 1 is 1.31 bits per heavy atom. The van der Waals surface area contributed by atoms with Gasteiger partial charge in [0, 0.05) is 6.54 Å². The monoisotopic (exact) mass is 394 g/mol. The molecule has 0 aliphatic carbocycles. The van der Waals surface area contributed by atoms with Crippen molar-refractivity contribution < 1.29 is 18.6 Å². The number of aliphatic hydroxyl groups is 2. The molecule has 1 saturated heterocycles. The lowest BCUT2D eigenvalue weighted by atomic mass is 10.2. The van der Waals surface area contributed by atoms with Gasteiger partial charge in [0.1, 0.15) is 11.9 Å². The molecule has 2 N–H and O–H groups in total. The van der Waals surface area contributed by atoms with E-state index in [1.807, 2.05) is 6.07 Å². The van der Waals surface area contributed by atoms with E-state index in [-0.39, 0.29) is 34.4 Å². The third-order valence-corrected chi connectivity index (χ3v) is 6.89. The number of anilines is 1. The first-order valence-electron chi connectivity index (χ1n) is 7.68. The van der Waals surface area contributed by atoms with Gasteiger partial charge in [-0.05, 0) is 18.6 Å². The highest BCUT2D eigenvalue weighted by molar-refractivity contribution is 7.92. The fourth-order valence-electron chi connectivity index (χ4n) is 3.00. The van der Waals surface area contributed by atoms with E-state index in [0.29, 0.717) is 0 Å². The van der Waals surface area contributed by atoms with Crippen molar-refractivity contribution in [2.75, 3.05) is 11.4 Å². The van der Waals surface area contributed by atoms with Crippen LogP contribution in [0.25, 0.3) is 0 Å². The zero-order valence-electron chi connectivity index (χ0n) is 13.4. The van der Waals surface area contributed by atoms with Crippen LogP contribution in [0.3, 0.4) is 0 Å². The fraction of sp³-hybridized carbons (Fsp3) is 0.312. The van der Waals surface area contributed by atoms with Crippen LogP contribution in [0, 0.1) is 11.3 Å². The number of nitrogens with zero attached hydrogens (tertiary/aromatic N) is 4. The second kappa shape index (κ2) is 7.17. The van der Waals surface area contributed by atoms with Gasteiger partial charge in [0.15, 0.2) is 21.8 Å². The van der Waals surface area contributed by atoms with E-state index in [1.165, 1.54) is 29.4 Å². The summed E-state index contributed by atoms with van der Waals surface area (Å²) in [7, 11) is -3.80. The van der Waals surface area contributed by atoms with Gasteiger partial charge in [-0.2, -0.15) is 5.26 Å². The molecule has 0 saturated carbocycles. The summed E-state index contributed by atoms with van der Waals surface area (Å²) >= 11 is 6.03. The summed E-state index contributed by atoms with van der Waals surface area (Å²) in [6.45, 7) is -0.0284. The third-order valence-electron chi connectivity index (χ3n) is 4.26. The minimum absolute atomic E-state index is 0.00319. The van der Waals surface area contributed by atoms with E-state index in [9.17, 15) is 18.6 Å². The molecule has 1 aromatic carbocycles. The number of sulfone groups is 1. The maximum absolute atomic E-state index is 13.0. The molecular weight excluding hydrogens is 380 g/mol. The van der Waals surface area contributed by atoms with Crippen molar-refractivity contribution in [2.24, 2.45) is 0 Å². The summed E-state index contributed by atoms with van der Waals surface area (Å²) in [5, 5.41) is 27.6. The highest BCUT2D eigenvalue weighted by atomic mass is 35.5. The molecule has 0 amide bonds. The smallest absolute Gasteiger partial charge is 0.184 e. The molecular formula is C16H15ClN4O4S. The predicted molar refractivity (Wildman–Crippen MR) is 93.1 cm³/mol. The number of aliphatic hydroxyl groups excluding tert-OH is 1. The summed E-state index contributed by atoms with van der Waals surface area (Å²) in [5.41, 5.74) is 0.0473. The van der Waals surface area contributed by atoms with E-state index in [4.69, 9.17) is 16.9 Å². The molecule has 0 bridgehead atoms. The average molecular weight is 395 g/mol. The second-order valence-electron chi connectivity index (χ2n) is 5.84. The average Bonchev–Trinajstić information content (AvgIpc) is 3.08. The Hall–Kier alpha value is -2.25. The van der Waals surface area contributed by atoms with Crippen LogP contribution >= 0.6 is 11.6 Å². The van der Waals surface area contributed by atoms with Crippen LogP contribution < -0.4 is 4.90 Å². The molecule has 8 nitrogen and oxygen atoms in total. The van der Waals surface area contributed by atoms with E-state index < -0.39 is 27.4 Å². The minimum Gasteiger partial charge on any atom is -0.366 e. The first-order valence-corrected chi connectivity index (χ1v) is 9.60. The second-order valence-corrected chi connectivity index (χ2v) is 8.44. The molecule has 3 rings (SSSR count). The Bertz CT molecular complexity index is 961. The van der Waals surface area contributed by atoms with Crippen molar-refractivity contribution in [2.45, 2.75) is 28.9 Å². The van der Waals surface area contributed by atoms with Gasteiger partial charge in [0.2, 0.25) is 0 Å². The van der Waals surface area contributed by atoms with Crippen molar-refractivity contribution in [3.8, 4) is 6.07 Å². The standard InChI is InChI=1S/C16H15ClN4O4S/c17-12-3-1-2-4-14(12)26(24,25)11-5-13(16(22)23)21(9-11)15-8-19-7-10(6-18)20-15/h1-4,7-8,11,13,16,22-23H,5,9H2. The fourth-order valence-corrected chi connectivity index (χ4v) is 5.23. The minimum atomic E-state index is -3.80. The van der Waals surface area contributed by atoms with Crippen LogP contribution in [0.4, 0.5) is 5.82 Å². The van der Waals surface area contributed by atoms with Crippen molar-refractivity contribution in [1.29, 1.82) is 5.26 Å². The molecule has 26 heavy (non-hydrogen) atoms. The number of hydrogen-bond donors (Lipinski definition) is 2. The van der Waals surface area contributed by atoms with Crippen LogP contribution in [0.5, 0.6) is 0 Å². The Balaban J connectivity index is 1.97. The van der Waals surface area contributed by atoms with Crippen LogP contribution in [-0.4, -0.2) is 52.7 Å². The summed E-state index contributed by atoms with van der Waals surface area (Å²) in [6, 6.07) is 7.06. The van der Waals surface area contributed by atoms with Gasteiger partial charge in [-0.25, -0.2) is 13.4 Å². The predicted octanol–water partition coefficient (Wildman–Crippen LogP) is 0.734. The van der Waals surface area contributed by atoms with Crippen LogP contribution in [0.2, 0.25) is 5.02 Å². The van der Waals surface area contributed by atoms with E-state index >= 15 is 0 Å². The van der Waals surface area contributed by atoms with Gasteiger partial charge >= 0.3 is 0 Å².